The molecule has 1 aromatic carbocycles. The van der Waals surface area contributed by atoms with Gasteiger partial charge in [-0.25, -0.2) is 4.39 Å². The first-order valence-electron chi connectivity index (χ1n) is 7.66. The molecule has 138 valence electrons. The Labute approximate surface area is 148 Å². The largest absolute Gasteiger partial charge is 0.335 e. The van der Waals surface area contributed by atoms with Crippen LogP contribution in [0, 0.1) is 29.8 Å². The number of aryl methyl sites for hydroxylation is 1. The maximum atomic E-state index is 13.1. The SMILES string of the molecule is Cc1nn(CC(=O)N(C)CC(=O)Nc2cccc(F)c2)c(C)c1[N+](=O)[O-]. The van der Waals surface area contributed by atoms with Crippen LogP contribution in [0.5, 0.6) is 0 Å². The third-order valence-corrected chi connectivity index (χ3v) is 3.73. The number of aromatic nitrogens is 2. The average Bonchev–Trinajstić information content (AvgIpc) is 2.80. The maximum Gasteiger partial charge on any atom is 0.312 e. The van der Waals surface area contributed by atoms with Crippen LogP contribution in [0.1, 0.15) is 11.4 Å². The summed E-state index contributed by atoms with van der Waals surface area (Å²) < 4.78 is 14.3. The first-order valence-corrected chi connectivity index (χ1v) is 7.66. The van der Waals surface area contributed by atoms with E-state index in [4.69, 9.17) is 0 Å². The first-order chi connectivity index (χ1) is 12.2. The monoisotopic (exact) mass is 363 g/mol. The summed E-state index contributed by atoms with van der Waals surface area (Å²) in [7, 11) is 1.42. The molecule has 0 atom stereocenters. The van der Waals surface area contributed by atoms with E-state index in [1.165, 1.54) is 43.8 Å². The molecule has 2 aromatic rings. The van der Waals surface area contributed by atoms with Crippen LogP contribution in [-0.2, 0) is 16.1 Å². The number of nitro groups is 1. The molecule has 0 aliphatic rings. The highest BCUT2D eigenvalue weighted by molar-refractivity contribution is 5.94. The van der Waals surface area contributed by atoms with Crippen LogP contribution in [0.2, 0.25) is 0 Å². The fourth-order valence-electron chi connectivity index (χ4n) is 2.42. The van der Waals surface area contributed by atoms with Gasteiger partial charge in [0.05, 0.1) is 11.5 Å². The molecule has 0 radical (unpaired) electrons. The number of nitrogens with one attached hydrogen (secondary N) is 1. The van der Waals surface area contributed by atoms with E-state index in [9.17, 15) is 24.1 Å². The molecule has 1 N–H and O–H groups in total. The van der Waals surface area contributed by atoms with Crippen molar-refractivity contribution in [3.8, 4) is 0 Å². The van der Waals surface area contributed by atoms with Gasteiger partial charge in [-0.2, -0.15) is 5.10 Å². The van der Waals surface area contributed by atoms with E-state index in [0.29, 0.717) is 0 Å². The fourth-order valence-corrected chi connectivity index (χ4v) is 2.42. The van der Waals surface area contributed by atoms with E-state index in [1.807, 2.05) is 0 Å². The summed E-state index contributed by atoms with van der Waals surface area (Å²) in [5.41, 5.74) is 0.625. The fraction of sp³-hybridized carbons (Fsp3) is 0.312. The Hall–Kier alpha value is -3.30. The van der Waals surface area contributed by atoms with E-state index in [1.54, 1.807) is 0 Å². The smallest absolute Gasteiger partial charge is 0.312 e. The van der Waals surface area contributed by atoms with Gasteiger partial charge in [-0.05, 0) is 32.0 Å². The number of likely N-dealkylation sites (N-methyl/N-ethyl adjacent to an activating group) is 1. The molecule has 0 fully saturated rings. The quantitative estimate of drug-likeness (QED) is 0.620. The summed E-state index contributed by atoms with van der Waals surface area (Å²) in [4.78, 5) is 35.8. The lowest BCUT2D eigenvalue weighted by molar-refractivity contribution is -0.386. The molecule has 0 bridgehead atoms. The van der Waals surface area contributed by atoms with Crippen molar-refractivity contribution in [3.05, 3.63) is 51.6 Å². The topological polar surface area (TPSA) is 110 Å². The van der Waals surface area contributed by atoms with Crippen molar-refractivity contribution in [3.63, 3.8) is 0 Å². The second kappa shape index (κ2) is 7.72. The second-order valence-electron chi connectivity index (χ2n) is 5.74. The lowest BCUT2D eigenvalue weighted by Gasteiger charge is -2.17. The number of rotatable bonds is 6. The molecule has 9 nitrogen and oxygen atoms in total. The zero-order chi connectivity index (χ0) is 19.4. The van der Waals surface area contributed by atoms with Crippen molar-refractivity contribution in [1.82, 2.24) is 14.7 Å². The van der Waals surface area contributed by atoms with Gasteiger partial charge < -0.3 is 10.2 Å². The summed E-state index contributed by atoms with van der Waals surface area (Å²) >= 11 is 0. The van der Waals surface area contributed by atoms with Crippen LogP contribution in [0.15, 0.2) is 24.3 Å². The highest BCUT2D eigenvalue weighted by Crippen LogP contribution is 2.21. The number of hydrogen-bond acceptors (Lipinski definition) is 5. The van der Waals surface area contributed by atoms with Gasteiger partial charge in [-0.15, -0.1) is 0 Å². The first kappa shape index (κ1) is 19.0. The van der Waals surface area contributed by atoms with Crippen molar-refractivity contribution >= 4 is 23.2 Å². The third-order valence-electron chi connectivity index (χ3n) is 3.73. The normalized spacial score (nSPS) is 10.5. The number of benzene rings is 1. The van der Waals surface area contributed by atoms with Crippen molar-refractivity contribution in [2.24, 2.45) is 0 Å². The number of anilines is 1. The molecular weight excluding hydrogens is 345 g/mol. The summed E-state index contributed by atoms with van der Waals surface area (Å²) in [5, 5.41) is 17.5. The summed E-state index contributed by atoms with van der Waals surface area (Å²) in [6.45, 7) is 2.51. The van der Waals surface area contributed by atoms with Gasteiger partial charge >= 0.3 is 5.69 Å². The van der Waals surface area contributed by atoms with Crippen molar-refractivity contribution < 1.29 is 18.9 Å². The van der Waals surface area contributed by atoms with Crippen LogP contribution >= 0.6 is 0 Å². The molecule has 2 rings (SSSR count). The van der Waals surface area contributed by atoms with Gasteiger partial charge in [0.2, 0.25) is 11.8 Å². The van der Waals surface area contributed by atoms with Crippen molar-refractivity contribution in [2.75, 3.05) is 18.9 Å². The van der Waals surface area contributed by atoms with Crippen molar-refractivity contribution in [2.45, 2.75) is 20.4 Å². The molecule has 0 unspecified atom stereocenters. The molecule has 0 spiro atoms. The zero-order valence-electron chi connectivity index (χ0n) is 14.5. The van der Waals surface area contributed by atoms with Gasteiger partial charge in [0.15, 0.2) is 0 Å². The van der Waals surface area contributed by atoms with E-state index in [2.05, 4.69) is 10.4 Å². The number of hydrogen-bond donors (Lipinski definition) is 1. The Bertz CT molecular complexity index is 864. The summed E-state index contributed by atoms with van der Waals surface area (Å²) in [6, 6.07) is 5.39. The average molecular weight is 363 g/mol. The summed E-state index contributed by atoms with van der Waals surface area (Å²) in [5.74, 6) is -1.43. The maximum absolute atomic E-state index is 13.1. The van der Waals surface area contributed by atoms with Crippen LogP contribution in [-0.4, -0.2) is 45.0 Å². The molecule has 10 heteroatoms. The van der Waals surface area contributed by atoms with Gasteiger partial charge in [0.25, 0.3) is 0 Å². The van der Waals surface area contributed by atoms with E-state index >= 15 is 0 Å². The number of carbonyl (C=O) groups is 2. The Morgan fingerprint density at radius 3 is 2.65 bits per heavy atom. The van der Waals surface area contributed by atoms with Crippen LogP contribution in [0.3, 0.4) is 0 Å². The number of nitrogens with zero attached hydrogens (tertiary/aromatic N) is 4. The molecule has 0 saturated heterocycles. The van der Waals surface area contributed by atoms with Crippen molar-refractivity contribution in [1.29, 1.82) is 0 Å². The number of halogens is 1. The number of amides is 2. The Morgan fingerprint density at radius 2 is 2.08 bits per heavy atom. The van der Waals surface area contributed by atoms with Crippen LogP contribution in [0.4, 0.5) is 15.8 Å². The Kier molecular flexibility index (Phi) is 5.65. The van der Waals surface area contributed by atoms with Gasteiger partial charge in [0, 0.05) is 12.7 Å². The predicted molar refractivity (Wildman–Crippen MR) is 91.0 cm³/mol. The van der Waals surface area contributed by atoms with E-state index in [-0.39, 0.29) is 35.9 Å². The van der Waals surface area contributed by atoms with Gasteiger partial charge in [0.1, 0.15) is 23.7 Å². The highest BCUT2D eigenvalue weighted by atomic mass is 19.1. The minimum atomic E-state index is -0.547. The van der Waals surface area contributed by atoms with Crippen LogP contribution in [0.25, 0.3) is 0 Å². The standard InChI is InChI=1S/C16H18FN5O4/c1-10-16(22(25)26)11(2)21(19-10)9-15(24)20(3)8-14(23)18-13-6-4-5-12(17)7-13/h4-7H,8-9H2,1-3H3,(H,18,23). The Balaban J connectivity index is 1.98. The molecule has 1 heterocycles. The lowest BCUT2D eigenvalue weighted by atomic mass is 10.3. The molecule has 0 aliphatic carbocycles. The molecular formula is C16H18FN5O4. The predicted octanol–water partition coefficient (Wildman–Crippen LogP) is 1.64. The zero-order valence-corrected chi connectivity index (χ0v) is 14.5. The van der Waals surface area contributed by atoms with Gasteiger partial charge in [-0.1, -0.05) is 6.07 Å². The minimum Gasteiger partial charge on any atom is -0.335 e. The van der Waals surface area contributed by atoms with E-state index in [0.717, 1.165) is 11.0 Å². The Morgan fingerprint density at radius 1 is 1.38 bits per heavy atom. The molecule has 26 heavy (non-hydrogen) atoms. The molecule has 1 aromatic heterocycles. The highest BCUT2D eigenvalue weighted by Gasteiger charge is 2.24. The van der Waals surface area contributed by atoms with E-state index < -0.39 is 22.6 Å². The lowest BCUT2D eigenvalue weighted by Crippen LogP contribution is -2.37. The van der Waals surface area contributed by atoms with Crippen LogP contribution < -0.4 is 5.32 Å². The molecule has 2 amide bonds. The molecule has 0 saturated carbocycles. The second-order valence-corrected chi connectivity index (χ2v) is 5.74. The number of carbonyl (C=O) groups excluding carboxylic acids is 2. The molecule has 0 aliphatic heterocycles. The minimum absolute atomic E-state index is 0.135. The third kappa shape index (κ3) is 4.41. The van der Waals surface area contributed by atoms with Gasteiger partial charge in [-0.3, -0.25) is 24.4 Å². The summed E-state index contributed by atoms with van der Waals surface area (Å²) in [6.07, 6.45) is 0.